The zero-order chi connectivity index (χ0) is 7.61. The van der Waals surface area contributed by atoms with E-state index in [9.17, 15) is 0 Å². The summed E-state index contributed by atoms with van der Waals surface area (Å²) in [6, 6.07) is 1.48. The van der Waals surface area contributed by atoms with Crippen LogP contribution >= 0.6 is 0 Å². The van der Waals surface area contributed by atoms with E-state index in [2.05, 4.69) is 20.0 Å². The van der Waals surface area contributed by atoms with Gasteiger partial charge in [0.1, 0.15) is 0 Å². The number of rotatable bonds is 2. The largest absolute Gasteiger partial charge is 0.0692 e. The smallest absolute Gasteiger partial charge is 0.0502 e. The van der Waals surface area contributed by atoms with Gasteiger partial charge in [-0.2, -0.15) is 0 Å². The molecule has 0 aromatic carbocycles. The molecular weight excluding hydrogens is 136 g/mol. The topological polar surface area (TPSA) is 0 Å². The second kappa shape index (κ2) is 3.08. The van der Waals surface area contributed by atoms with Crippen molar-refractivity contribution in [2.24, 2.45) is 0 Å². The van der Waals surface area contributed by atoms with Gasteiger partial charge in [-0.1, -0.05) is 51.7 Å². The summed E-state index contributed by atoms with van der Waals surface area (Å²) >= 11 is 0. The SMILES string of the molecule is CC[Si](C)(C)C1CCCC1. The molecule has 1 aliphatic carbocycles. The van der Waals surface area contributed by atoms with E-state index in [1.54, 1.807) is 12.8 Å². The van der Waals surface area contributed by atoms with Crippen LogP contribution in [-0.4, -0.2) is 8.07 Å². The summed E-state index contributed by atoms with van der Waals surface area (Å²) in [7, 11) is -0.744. The highest BCUT2D eigenvalue weighted by atomic mass is 28.3. The average Bonchev–Trinajstić information content (AvgIpc) is 2.38. The molecule has 1 aliphatic rings. The second-order valence-corrected chi connectivity index (χ2v) is 9.82. The first-order valence-corrected chi connectivity index (χ1v) is 7.95. The van der Waals surface area contributed by atoms with Gasteiger partial charge in [0.2, 0.25) is 0 Å². The highest BCUT2D eigenvalue weighted by Gasteiger charge is 2.31. The maximum atomic E-state index is 2.56. The Morgan fingerprint density at radius 2 is 1.70 bits per heavy atom. The predicted molar refractivity (Wildman–Crippen MR) is 50.2 cm³/mol. The number of hydrogen-bond donors (Lipinski definition) is 0. The van der Waals surface area contributed by atoms with E-state index in [1.807, 2.05) is 0 Å². The fraction of sp³-hybridized carbons (Fsp3) is 1.00. The lowest BCUT2D eigenvalue weighted by Crippen LogP contribution is -2.29. The van der Waals surface area contributed by atoms with E-state index in [-0.39, 0.29) is 0 Å². The van der Waals surface area contributed by atoms with Crippen LogP contribution in [0.3, 0.4) is 0 Å². The monoisotopic (exact) mass is 156 g/mol. The third-order valence-electron chi connectivity index (χ3n) is 3.37. The lowest BCUT2D eigenvalue weighted by molar-refractivity contribution is 0.830. The molecule has 0 aliphatic heterocycles. The molecule has 0 unspecified atom stereocenters. The Bertz CT molecular complexity index is 101. The average molecular weight is 156 g/mol. The van der Waals surface area contributed by atoms with Crippen LogP contribution in [0.2, 0.25) is 24.7 Å². The Morgan fingerprint density at radius 1 is 1.20 bits per heavy atom. The molecule has 10 heavy (non-hydrogen) atoms. The molecule has 0 spiro atoms. The van der Waals surface area contributed by atoms with Gasteiger partial charge in [0.25, 0.3) is 0 Å². The van der Waals surface area contributed by atoms with Crippen molar-refractivity contribution in [1.82, 2.24) is 0 Å². The van der Waals surface area contributed by atoms with Crippen LogP contribution in [0.1, 0.15) is 32.6 Å². The van der Waals surface area contributed by atoms with Crippen LogP contribution in [0.15, 0.2) is 0 Å². The molecule has 0 radical (unpaired) electrons. The minimum atomic E-state index is -0.744. The summed E-state index contributed by atoms with van der Waals surface area (Å²) in [5, 5.41) is 0. The van der Waals surface area contributed by atoms with Crippen LogP contribution in [0.4, 0.5) is 0 Å². The molecule has 0 nitrogen and oxygen atoms in total. The molecule has 0 atom stereocenters. The molecule has 60 valence electrons. The van der Waals surface area contributed by atoms with E-state index in [0.717, 1.165) is 5.54 Å². The van der Waals surface area contributed by atoms with Gasteiger partial charge in [-0.25, -0.2) is 0 Å². The zero-order valence-electron chi connectivity index (χ0n) is 7.61. The Hall–Kier alpha value is 0.217. The summed E-state index contributed by atoms with van der Waals surface area (Å²) in [6.07, 6.45) is 6.13. The first kappa shape index (κ1) is 8.31. The van der Waals surface area contributed by atoms with Crippen LogP contribution in [0, 0.1) is 0 Å². The Labute approximate surface area is 66.0 Å². The molecular formula is C9H20Si. The van der Waals surface area contributed by atoms with Crippen molar-refractivity contribution in [2.45, 2.75) is 57.3 Å². The van der Waals surface area contributed by atoms with Crippen molar-refractivity contribution < 1.29 is 0 Å². The molecule has 0 aromatic rings. The molecule has 1 saturated carbocycles. The van der Waals surface area contributed by atoms with Crippen molar-refractivity contribution in [3.8, 4) is 0 Å². The summed E-state index contributed by atoms with van der Waals surface area (Å²) < 4.78 is 0. The molecule has 0 aromatic heterocycles. The van der Waals surface area contributed by atoms with Gasteiger partial charge in [-0.15, -0.1) is 0 Å². The van der Waals surface area contributed by atoms with Gasteiger partial charge in [0.05, 0.1) is 8.07 Å². The van der Waals surface area contributed by atoms with Gasteiger partial charge >= 0.3 is 0 Å². The van der Waals surface area contributed by atoms with E-state index in [0.29, 0.717) is 0 Å². The molecule has 0 heterocycles. The summed E-state index contributed by atoms with van der Waals surface area (Å²) in [5.74, 6) is 0. The normalized spacial score (nSPS) is 21.9. The predicted octanol–water partition coefficient (Wildman–Crippen LogP) is 3.66. The van der Waals surface area contributed by atoms with Crippen LogP contribution < -0.4 is 0 Å². The van der Waals surface area contributed by atoms with Crippen molar-refractivity contribution in [3.63, 3.8) is 0 Å². The fourth-order valence-electron chi connectivity index (χ4n) is 2.00. The minimum Gasteiger partial charge on any atom is -0.0692 e. The first-order valence-electron chi connectivity index (χ1n) is 4.67. The minimum absolute atomic E-state index is 0.744. The summed E-state index contributed by atoms with van der Waals surface area (Å²) in [5.41, 5.74) is 1.16. The van der Waals surface area contributed by atoms with E-state index in [1.165, 1.54) is 18.9 Å². The van der Waals surface area contributed by atoms with Crippen molar-refractivity contribution in [3.05, 3.63) is 0 Å². The maximum absolute atomic E-state index is 2.56. The second-order valence-electron chi connectivity index (χ2n) is 4.32. The quantitative estimate of drug-likeness (QED) is 0.535. The Kier molecular flexibility index (Phi) is 2.56. The Morgan fingerprint density at radius 3 is 2.10 bits per heavy atom. The third kappa shape index (κ3) is 1.63. The van der Waals surface area contributed by atoms with Crippen molar-refractivity contribution in [1.29, 1.82) is 0 Å². The maximum Gasteiger partial charge on any atom is 0.0502 e. The summed E-state index contributed by atoms with van der Waals surface area (Å²) in [4.78, 5) is 0. The van der Waals surface area contributed by atoms with Gasteiger partial charge in [-0.05, 0) is 5.54 Å². The highest BCUT2D eigenvalue weighted by molar-refractivity contribution is 6.78. The highest BCUT2D eigenvalue weighted by Crippen LogP contribution is 2.39. The van der Waals surface area contributed by atoms with Crippen LogP contribution in [0.25, 0.3) is 0 Å². The Balaban J connectivity index is 2.45. The van der Waals surface area contributed by atoms with E-state index < -0.39 is 8.07 Å². The number of hydrogen-bond acceptors (Lipinski definition) is 0. The third-order valence-corrected chi connectivity index (χ3v) is 7.98. The van der Waals surface area contributed by atoms with Crippen molar-refractivity contribution in [2.75, 3.05) is 0 Å². The van der Waals surface area contributed by atoms with Gasteiger partial charge in [0, 0.05) is 0 Å². The van der Waals surface area contributed by atoms with Gasteiger partial charge in [0.15, 0.2) is 0 Å². The van der Waals surface area contributed by atoms with Crippen LogP contribution in [0.5, 0.6) is 0 Å². The first-order chi connectivity index (χ1) is 4.67. The summed E-state index contributed by atoms with van der Waals surface area (Å²) in [6.45, 7) is 7.50. The lowest BCUT2D eigenvalue weighted by Gasteiger charge is -2.27. The molecule has 0 bridgehead atoms. The van der Waals surface area contributed by atoms with Gasteiger partial charge in [-0.3, -0.25) is 0 Å². The van der Waals surface area contributed by atoms with Crippen LogP contribution in [-0.2, 0) is 0 Å². The molecule has 0 N–H and O–H groups in total. The molecule has 1 heteroatoms. The fourth-order valence-corrected chi connectivity index (χ4v) is 4.54. The molecule has 1 fully saturated rings. The van der Waals surface area contributed by atoms with Gasteiger partial charge < -0.3 is 0 Å². The molecule has 0 saturated heterocycles. The van der Waals surface area contributed by atoms with E-state index in [4.69, 9.17) is 0 Å². The molecule has 0 amide bonds. The zero-order valence-corrected chi connectivity index (χ0v) is 8.61. The van der Waals surface area contributed by atoms with Crippen molar-refractivity contribution >= 4 is 8.07 Å². The van der Waals surface area contributed by atoms with E-state index >= 15 is 0 Å². The molecule has 1 rings (SSSR count). The standard InChI is InChI=1S/C9H20Si/c1-4-10(2,3)9-7-5-6-8-9/h9H,4-8H2,1-3H3. The lowest BCUT2D eigenvalue weighted by atomic mass is 10.4.